The number of carbonyl (C=O) groups excluding carboxylic acids is 1. The van der Waals surface area contributed by atoms with Crippen molar-refractivity contribution in [3.05, 3.63) is 0 Å². The Morgan fingerprint density at radius 2 is 1.45 bits per heavy atom. The van der Waals surface area contributed by atoms with E-state index in [0.717, 1.165) is 0 Å². The molecular weight excluding hydrogens is 262 g/mol. The highest BCUT2D eigenvalue weighted by atomic mass is 16.5. The molecule has 0 spiro atoms. The van der Waals surface area contributed by atoms with E-state index >= 15 is 0 Å². The van der Waals surface area contributed by atoms with Crippen LogP contribution in [0, 0.1) is 5.92 Å². The van der Waals surface area contributed by atoms with Gasteiger partial charge in [-0.05, 0) is 5.92 Å². The molecule has 0 aromatic carbocycles. The minimum absolute atomic E-state index is 0.0731. The maximum absolute atomic E-state index is 11.3. The minimum atomic E-state index is 0.0731. The topological polar surface area (TPSA) is 94.8 Å². The van der Waals surface area contributed by atoms with Gasteiger partial charge < -0.3 is 19.5 Å². The summed E-state index contributed by atoms with van der Waals surface area (Å²) in [6.45, 7) is 8.42. The van der Waals surface area contributed by atoms with Crippen molar-refractivity contribution in [2.45, 2.75) is 20.3 Å². The first-order chi connectivity index (χ1) is 9.66. The molecule has 4 N–H and O–H groups in total. The molecule has 0 fully saturated rings. The van der Waals surface area contributed by atoms with Crippen molar-refractivity contribution in [2.24, 2.45) is 11.8 Å². The number of hydrogen-bond donors (Lipinski definition) is 3. The number of amides is 1. The quantitative estimate of drug-likeness (QED) is 0.230. The molecule has 0 unspecified atom stereocenters. The number of rotatable bonds is 14. The SMILES string of the molecule is CC(C)CC(=O)NCCOCCOCCOCCNN. The van der Waals surface area contributed by atoms with Crippen LogP contribution in [0.4, 0.5) is 0 Å². The van der Waals surface area contributed by atoms with Crippen molar-refractivity contribution in [3.63, 3.8) is 0 Å². The van der Waals surface area contributed by atoms with E-state index < -0.39 is 0 Å². The average Bonchev–Trinajstić information content (AvgIpc) is 2.39. The van der Waals surface area contributed by atoms with Gasteiger partial charge in [0.25, 0.3) is 0 Å². The number of nitrogens with one attached hydrogen (secondary N) is 2. The molecule has 0 radical (unpaired) electrons. The predicted molar refractivity (Wildman–Crippen MR) is 77.1 cm³/mol. The third-order valence-corrected chi connectivity index (χ3v) is 2.30. The summed E-state index contributed by atoms with van der Waals surface area (Å²) in [6.07, 6.45) is 0.558. The lowest BCUT2D eigenvalue weighted by Crippen LogP contribution is -2.28. The van der Waals surface area contributed by atoms with Crippen LogP contribution in [0.5, 0.6) is 0 Å². The normalized spacial score (nSPS) is 11.0. The molecule has 0 aromatic rings. The summed E-state index contributed by atoms with van der Waals surface area (Å²) in [6, 6.07) is 0. The van der Waals surface area contributed by atoms with Crippen LogP contribution in [0.1, 0.15) is 20.3 Å². The zero-order valence-electron chi connectivity index (χ0n) is 12.7. The van der Waals surface area contributed by atoms with E-state index in [2.05, 4.69) is 10.7 Å². The van der Waals surface area contributed by atoms with Gasteiger partial charge in [0.1, 0.15) is 0 Å². The second kappa shape index (κ2) is 14.7. The molecule has 0 bridgehead atoms. The van der Waals surface area contributed by atoms with Crippen LogP contribution in [-0.4, -0.2) is 58.6 Å². The largest absolute Gasteiger partial charge is 0.378 e. The molecule has 1 amide bonds. The summed E-state index contributed by atoms with van der Waals surface area (Å²) in [5.74, 6) is 5.54. The molecule has 0 heterocycles. The van der Waals surface area contributed by atoms with E-state index in [1.807, 2.05) is 13.8 Å². The monoisotopic (exact) mass is 291 g/mol. The van der Waals surface area contributed by atoms with Crippen molar-refractivity contribution in [3.8, 4) is 0 Å². The zero-order valence-corrected chi connectivity index (χ0v) is 12.7. The van der Waals surface area contributed by atoms with Crippen LogP contribution in [0.2, 0.25) is 0 Å². The third kappa shape index (κ3) is 15.3. The Morgan fingerprint density at radius 1 is 0.950 bits per heavy atom. The Bertz CT molecular complexity index is 228. The fraction of sp³-hybridized carbons (Fsp3) is 0.923. The molecule has 20 heavy (non-hydrogen) atoms. The lowest BCUT2D eigenvalue weighted by Gasteiger charge is -2.08. The second-order valence-corrected chi connectivity index (χ2v) is 4.74. The molecule has 0 saturated heterocycles. The Labute approximate surface area is 121 Å². The first-order valence-electron chi connectivity index (χ1n) is 7.10. The Balaban J connectivity index is 3.08. The molecular formula is C13H29N3O4. The van der Waals surface area contributed by atoms with E-state index in [-0.39, 0.29) is 5.91 Å². The van der Waals surface area contributed by atoms with Gasteiger partial charge in [-0.15, -0.1) is 0 Å². The van der Waals surface area contributed by atoms with Gasteiger partial charge in [0.05, 0.1) is 39.6 Å². The predicted octanol–water partition coefficient (Wildman–Crippen LogP) is -0.338. The Kier molecular flexibility index (Phi) is 14.1. The highest BCUT2D eigenvalue weighted by molar-refractivity contribution is 5.75. The number of hydrogen-bond acceptors (Lipinski definition) is 6. The van der Waals surface area contributed by atoms with Gasteiger partial charge >= 0.3 is 0 Å². The fourth-order valence-electron chi connectivity index (χ4n) is 1.38. The number of nitrogens with two attached hydrogens (primary N) is 1. The Hall–Kier alpha value is -0.730. The number of carbonyl (C=O) groups is 1. The smallest absolute Gasteiger partial charge is 0.220 e. The van der Waals surface area contributed by atoms with E-state index in [9.17, 15) is 4.79 Å². The van der Waals surface area contributed by atoms with Gasteiger partial charge in [-0.25, -0.2) is 0 Å². The van der Waals surface area contributed by atoms with Gasteiger partial charge in [0.2, 0.25) is 5.91 Å². The highest BCUT2D eigenvalue weighted by Crippen LogP contribution is 1.97. The van der Waals surface area contributed by atoms with Gasteiger partial charge in [0, 0.05) is 19.5 Å². The van der Waals surface area contributed by atoms with Gasteiger partial charge in [-0.2, -0.15) is 0 Å². The van der Waals surface area contributed by atoms with Crippen LogP contribution in [0.15, 0.2) is 0 Å². The standard InChI is InChI=1S/C13H29N3O4/c1-12(2)11-13(17)15-3-5-18-7-9-20-10-8-19-6-4-16-14/h12,16H,3-11,14H2,1-2H3,(H,15,17). The first kappa shape index (κ1) is 19.3. The summed E-state index contributed by atoms with van der Waals surface area (Å²) < 4.78 is 15.9. The summed E-state index contributed by atoms with van der Waals surface area (Å²) >= 11 is 0. The van der Waals surface area contributed by atoms with E-state index in [1.165, 1.54) is 0 Å². The molecule has 0 atom stereocenters. The van der Waals surface area contributed by atoms with Crippen molar-refractivity contribution in [2.75, 3.05) is 52.7 Å². The van der Waals surface area contributed by atoms with E-state index in [0.29, 0.717) is 65.1 Å². The summed E-state index contributed by atoms with van der Waals surface area (Å²) in [7, 11) is 0. The summed E-state index contributed by atoms with van der Waals surface area (Å²) in [5.41, 5.74) is 2.50. The van der Waals surface area contributed by atoms with Crippen molar-refractivity contribution < 1.29 is 19.0 Å². The minimum Gasteiger partial charge on any atom is -0.378 e. The van der Waals surface area contributed by atoms with E-state index in [4.69, 9.17) is 20.1 Å². The molecule has 0 aromatic heterocycles. The van der Waals surface area contributed by atoms with Crippen LogP contribution >= 0.6 is 0 Å². The molecule has 0 aliphatic rings. The number of hydrazine groups is 1. The average molecular weight is 291 g/mol. The molecule has 7 heteroatoms. The maximum atomic E-state index is 11.3. The lowest BCUT2D eigenvalue weighted by molar-refractivity contribution is -0.122. The van der Waals surface area contributed by atoms with E-state index in [1.54, 1.807) is 0 Å². The summed E-state index contributed by atoms with van der Waals surface area (Å²) in [4.78, 5) is 11.3. The molecule has 0 saturated carbocycles. The third-order valence-electron chi connectivity index (χ3n) is 2.30. The second-order valence-electron chi connectivity index (χ2n) is 4.74. The molecule has 7 nitrogen and oxygen atoms in total. The fourth-order valence-corrected chi connectivity index (χ4v) is 1.38. The van der Waals surface area contributed by atoms with Crippen LogP contribution in [-0.2, 0) is 19.0 Å². The maximum Gasteiger partial charge on any atom is 0.220 e. The van der Waals surface area contributed by atoms with Gasteiger partial charge in [-0.3, -0.25) is 16.1 Å². The summed E-state index contributed by atoms with van der Waals surface area (Å²) in [5, 5.41) is 2.80. The molecule has 0 aliphatic heterocycles. The Morgan fingerprint density at radius 3 is 1.95 bits per heavy atom. The highest BCUT2D eigenvalue weighted by Gasteiger charge is 2.02. The number of ether oxygens (including phenoxy) is 3. The van der Waals surface area contributed by atoms with Gasteiger partial charge in [0.15, 0.2) is 0 Å². The first-order valence-corrected chi connectivity index (χ1v) is 7.10. The van der Waals surface area contributed by atoms with Crippen LogP contribution < -0.4 is 16.6 Å². The van der Waals surface area contributed by atoms with Crippen LogP contribution in [0.25, 0.3) is 0 Å². The lowest BCUT2D eigenvalue weighted by atomic mass is 10.1. The van der Waals surface area contributed by atoms with Gasteiger partial charge in [-0.1, -0.05) is 13.8 Å². The molecule has 0 aliphatic carbocycles. The molecule has 0 rings (SSSR count). The zero-order chi connectivity index (χ0) is 15.1. The van der Waals surface area contributed by atoms with Crippen LogP contribution in [0.3, 0.4) is 0 Å². The van der Waals surface area contributed by atoms with Crippen molar-refractivity contribution >= 4 is 5.91 Å². The van der Waals surface area contributed by atoms with Crippen molar-refractivity contribution in [1.82, 2.24) is 10.7 Å². The van der Waals surface area contributed by atoms with Crippen molar-refractivity contribution in [1.29, 1.82) is 0 Å². The molecule has 120 valence electrons.